The Hall–Kier alpha value is -3.40. The lowest BCUT2D eigenvalue weighted by Gasteiger charge is -2.08. The average molecular weight is 328 g/mol. The zero-order valence-corrected chi connectivity index (χ0v) is 13.7. The topological polar surface area (TPSA) is 44.1 Å². The van der Waals surface area contributed by atoms with Crippen molar-refractivity contribution in [2.45, 2.75) is 0 Å². The van der Waals surface area contributed by atoms with E-state index in [9.17, 15) is 4.79 Å². The molecule has 2 aromatic heterocycles. The Morgan fingerprint density at radius 3 is 2.48 bits per heavy atom. The minimum atomic E-state index is -0.334. The Bertz CT molecular complexity index is 1030. The van der Waals surface area contributed by atoms with Gasteiger partial charge in [0.2, 0.25) is 0 Å². The van der Waals surface area contributed by atoms with Gasteiger partial charge in [-0.2, -0.15) is 0 Å². The second-order valence-electron chi connectivity index (χ2n) is 5.72. The first-order valence-electron chi connectivity index (χ1n) is 7.97. The number of esters is 1. The number of benzene rings is 2. The largest absolute Gasteiger partial charge is 0.465 e. The van der Waals surface area contributed by atoms with Crippen molar-refractivity contribution < 1.29 is 9.53 Å². The van der Waals surface area contributed by atoms with Gasteiger partial charge in [0.1, 0.15) is 0 Å². The number of carbonyl (C=O) groups is 1. The van der Waals surface area contributed by atoms with Gasteiger partial charge in [-0.1, -0.05) is 30.3 Å². The van der Waals surface area contributed by atoms with E-state index in [1.807, 2.05) is 60.9 Å². The zero-order valence-electron chi connectivity index (χ0n) is 13.7. The molecule has 0 saturated heterocycles. The van der Waals surface area contributed by atoms with Crippen molar-refractivity contribution in [3.63, 3.8) is 0 Å². The normalized spacial score (nSPS) is 10.8. The van der Waals surface area contributed by atoms with Gasteiger partial charge in [-0.25, -0.2) is 4.79 Å². The summed E-state index contributed by atoms with van der Waals surface area (Å²) in [5.41, 5.74) is 4.60. The van der Waals surface area contributed by atoms with Crippen LogP contribution in [0.4, 0.5) is 0 Å². The molecule has 4 heteroatoms. The van der Waals surface area contributed by atoms with Crippen LogP contribution in [0.25, 0.3) is 27.8 Å². The van der Waals surface area contributed by atoms with Crippen LogP contribution in [0.1, 0.15) is 10.4 Å². The highest BCUT2D eigenvalue weighted by molar-refractivity contribution is 5.90. The van der Waals surface area contributed by atoms with Crippen molar-refractivity contribution in [3.05, 3.63) is 84.7 Å². The quantitative estimate of drug-likeness (QED) is 0.521. The number of hydrogen-bond donors (Lipinski definition) is 0. The molecule has 0 aliphatic rings. The second-order valence-corrected chi connectivity index (χ2v) is 5.72. The van der Waals surface area contributed by atoms with E-state index >= 15 is 0 Å². The monoisotopic (exact) mass is 328 g/mol. The molecule has 0 aliphatic heterocycles. The average Bonchev–Trinajstić information content (AvgIpc) is 3.11. The molecule has 2 heterocycles. The molecule has 0 aliphatic carbocycles. The zero-order chi connectivity index (χ0) is 17.2. The maximum absolute atomic E-state index is 11.6. The molecule has 0 unspecified atom stereocenters. The molecular formula is C21H16N2O2. The van der Waals surface area contributed by atoms with E-state index in [4.69, 9.17) is 4.74 Å². The van der Waals surface area contributed by atoms with E-state index in [2.05, 4.69) is 15.6 Å². The van der Waals surface area contributed by atoms with E-state index in [0.29, 0.717) is 5.56 Å². The van der Waals surface area contributed by atoms with Crippen LogP contribution in [0.2, 0.25) is 0 Å². The first kappa shape index (κ1) is 15.1. The fraction of sp³-hybridized carbons (Fsp3) is 0.0476. The minimum Gasteiger partial charge on any atom is -0.465 e. The Morgan fingerprint density at radius 1 is 1.00 bits per heavy atom. The lowest BCUT2D eigenvalue weighted by Crippen LogP contribution is -2.01. The minimum absolute atomic E-state index is 0.334. The molecule has 0 atom stereocenters. The standard InChI is InChI=1S/C21H16N2O2/c1-25-21(24)16-7-9-18(10-8-16)23-12-11-17-14-22-19(13-20(17)23)15-5-3-2-4-6-15/h2-14H,1H3. The fourth-order valence-corrected chi connectivity index (χ4v) is 2.90. The molecule has 25 heavy (non-hydrogen) atoms. The number of methoxy groups -OCH3 is 1. The summed E-state index contributed by atoms with van der Waals surface area (Å²) in [6.07, 6.45) is 3.89. The van der Waals surface area contributed by atoms with Crippen molar-refractivity contribution in [3.8, 4) is 16.9 Å². The number of fused-ring (bicyclic) bond motifs is 1. The SMILES string of the molecule is COC(=O)c1ccc(-n2ccc3cnc(-c4ccccc4)cc32)cc1. The summed E-state index contributed by atoms with van der Waals surface area (Å²) in [5, 5.41) is 1.07. The van der Waals surface area contributed by atoms with Crippen LogP contribution in [0.5, 0.6) is 0 Å². The molecule has 4 aromatic rings. The number of nitrogens with zero attached hydrogens (tertiary/aromatic N) is 2. The Balaban J connectivity index is 1.78. The first-order chi connectivity index (χ1) is 12.3. The van der Waals surface area contributed by atoms with E-state index in [0.717, 1.165) is 27.8 Å². The lowest BCUT2D eigenvalue weighted by molar-refractivity contribution is 0.0601. The first-order valence-corrected chi connectivity index (χ1v) is 7.97. The van der Waals surface area contributed by atoms with Crippen molar-refractivity contribution in [2.75, 3.05) is 7.11 Å². The summed E-state index contributed by atoms with van der Waals surface area (Å²) in [7, 11) is 1.38. The third-order valence-electron chi connectivity index (χ3n) is 4.21. The van der Waals surface area contributed by atoms with Gasteiger partial charge in [0.05, 0.1) is 23.9 Å². The van der Waals surface area contributed by atoms with Crippen LogP contribution in [-0.4, -0.2) is 22.6 Å². The molecule has 0 spiro atoms. The number of ether oxygens (including phenoxy) is 1. The highest BCUT2D eigenvalue weighted by atomic mass is 16.5. The fourth-order valence-electron chi connectivity index (χ4n) is 2.90. The molecule has 0 amide bonds. The molecule has 4 nitrogen and oxygen atoms in total. The Morgan fingerprint density at radius 2 is 1.76 bits per heavy atom. The second kappa shape index (κ2) is 6.24. The van der Waals surface area contributed by atoms with Gasteiger partial charge in [-0.3, -0.25) is 4.98 Å². The summed E-state index contributed by atoms with van der Waals surface area (Å²) in [4.78, 5) is 16.1. The molecule has 0 bridgehead atoms. The van der Waals surface area contributed by atoms with Gasteiger partial charge < -0.3 is 9.30 Å². The number of carbonyl (C=O) groups excluding carboxylic acids is 1. The summed E-state index contributed by atoms with van der Waals surface area (Å²) < 4.78 is 6.84. The number of rotatable bonds is 3. The van der Waals surface area contributed by atoms with E-state index in [1.165, 1.54) is 7.11 Å². The van der Waals surface area contributed by atoms with Crippen molar-refractivity contribution in [2.24, 2.45) is 0 Å². The molecule has 0 saturated carbocycles. The summed E-state index contributed by atoms with van der Waals surface area (Å²) >= 11 is 0. The number of hydrogen-bond acceptors (Lipinski definition) is 3. The van der Waals surface area contributed by atoms with E-state index < -0.39 is 0 Å². The van der Waals surface area contributed by atoms with Gasteiger partial charge >= 0.3 is 5.97 Å². The summed E-state index contributed by atoms with van der Waals surface area (Å²) in [6, 6.07) is 21.6. The molecular weight excluding hydrogens is 312 g/mol. The molecule has 122 valence electrons. The van der Waals surface area contributed by atoms with Crippen LogP contribution in [0, 0.1) is 0 Å². The predicted octanol–water partition coefficient (Wildman–Crippen LogP) is 4.48. The number of aromatic nitrogens is 2. The molecule has 0 radical (unpaired) electrons. The van der Waals surface area contributed by atoms with Crippen LogP contribution in [-0.2, 0) is 4.74 Å². The van der Waals surface area contributed by atoms with Crippen LogP contribution in [0.15, 0.2) is 79.1 Å². The van der Waals surface area contributed by atoms with Crippen LogP contribution in [0.3, 0.4) is 0 Å². The van der Waals surface area contributed by atoms with Crippen LogP contribution >= 0.6 is 0 Å². The van der Waals surface area contributed by atoms with Gasteiger partial charge in [0, 0.05) is 29.0 Å². The van der Waals surface area contributed by atoms with Gasteiger partial charge in [0.25, 0.3) is 0 Å². The highest BCUT2D eigenvalue weighted by Crippen LogP contribution is 2.25. The maximum atomic E-state index is 11.6. The van der Waals surface area contributed by atoms with Gasteiger partial charge in [0.15, 0.2) is 0 Å². The van der Waals surface area contributed by atoms with Crippen molar-refractivity contribution >= 4 is 16.9 Å². The highest BCUT2D eigenvalue weighted by Gasteiger charge is 2.09. The third kappa shape index (κ3) is 2.78. The van der Waals surface area contributed by atoms with Crippen molar-refractivity contribution in [1.82, 2.24) is 9.55 Å². The molecule has 0 N–H and O–H groups in total. The maximum Gasteiger partial charge on any atom is 0.337 e. The third-order valence-corrected chi connectivity index (χ3v) is 4.21. The number of pyridine rings is 1. The van der Waals surface area contributed by atoms with Crippen molar-refractivity contribution in [1.29, 1.82) is 0 Å². The summed E-state index contributed by atoms with van der Waals surface area (Å²) in [5.74, 6) is -0.334. The Kier molecular flexibility index (Phi) is 3.78. The smallest absolute Gasteiger partial charge is 0.337 e. The molecule has 4 rings (SSSR count). The van der Waals surface area contributed by atoms with E-state index in [-0.39, 0.29) is 5.97 Å². The van der Waals surface area contributed by atoms with Gasteiger partial charge in [-0.05, 0) is 36.4 Å². The predicted molar refractivity (Wildman–Crippen MR) is 97.8 cm³/mol. The molecule has 2 aromatic carbocycles. The van der Waals surface area contributed by atoms with E-state index in [1.54, 1.807) is 12.1 Å². The lowest BCUT2D eigenvalue weighted by atomic mass is 10.1. The summed E-state index contributed by atoms with van der Waals surface area (Å²) in [6.45, 7) is 0. The Labute approximate surface area is 145 Å². The molecule has 0 fully saturated rings. The van der Waals surface area contributed by atoms with Crippen LogP contribution < -0.4 is 0 Å². The van der Waals surface area contributed by atoms with Gasteiger partial charge in [-0.15, -0.1) is 0 Å².